The molecular formula is C18H22N2O6. The number of imide groups is 1. The van der Waals surface area contributed by atoms with Crippen LogP contribution in [0.4, 0.5) is 4.79 Å². The van der Waals surface area contributed by atoms with Crippen LogP contribution in [-0.4, -0.2) is 60.4 Å². The molecule has 0 radical (unpaired) electrons. The zero-order valence-corrected chi connectivity index (χ0v) is 14.8. The van der Waals surface area contributed by atoms with Crippen LogP contribution in [0.15, 0.2) is 30.3 Å². The molecule has 2 rings (SSSR count). The lowest BCUT2D eigenvalue weighted by atomic mass is 10.1. The number of amides is 3. The second kappa shape index (κ2) is 8.98. The number of hydrogen-bond acceptors (Lipinski definition) is 6. The molecule has 0 spiro atoms. The topological polar surface area (TPSA) is 93.2 Å². The van der Waals surface area contributed by atoms with Crippen LogP contribution >= 0.6 is 0 Å². The second-order valence-corrected chi connectivity index (χ2v) is 6.13. The van der Waals surface area contributed by atoms with Crippen molar-refractivity contribution < 1.29 is 28.7 Å². The Kier molecular flexibility index (Phi) is 6.71. The fourth-order valence-corrected chi connectivity index (χ4v) is 2.63. The Balaban J connectivity index is 1.87. The van der Waals surface area contributed by atoms with Crippen LogP contribution in [0, 0.1) is 5.92 Å². The summed E-state index contributed by atoms with van der Waals surface area (Å²) in [7, 11) is 1.30. The highest BCUT2D eigenvalue weighted by atomic mass is 16.6. The monoisotopic (exact) mass is 362 g/mol. The number of esters is 1. The molecule has 1 aromatic carbocycles. The van der Waals surface area contributed by atoms with Crippen molar-refractivity contribution in [2.45, 2.75) is 20.0 Å². The van der Waals surface area contributed by atoms with Gasteiger partial charge < -0.3 is 14.4 Å². The number of benzene rings is 1. The molecule has 0 saturated carbocycles. The largest absolute Gasteiger partial charge is 0.469 e. The van der Waals surface area contributed by atoms with Gasteiger partial charge in [-0.3, -0.25) is 14.4 Å². The number of rotatable bonds is 6. The smallest absolute Gasteiger partial charge is 0.417 e. The molecule has 8 heteroatoms. The number of hydrogen-bond donors (Lipinski definition) is 0. The van der Waals surface area contributed by atoms with E-state index in [0.29, 0.717) is 0 Å². The summed E-state index contributed by atoms with van der Waals surface area (Å²) in [5, 5.41) is 0. The lowest BCUT2D eigenvalue weighted by Gasteiger charge is -2.33. The van der Waals surface area contributed by atoms with Crippen molar-refractivity contribution in [3.63, 3.8) is 0 Å². The van der Waals surface area contributed by atoms with Crippen molar-refractivity contribution in [3.05, 3.63) is 35.9 Å². The number of ether oxygens (including phenoxy) is 2. The summed E-state index contributed by atoms with van der Waals surface area (Å²) < 4.78 is 9.70. The number of carbonyl (C=O) groups excluding carboxylic acids is 4. The van der Waals surface area contributed by atoms with Crippen LogP contribution in [0.3, 0.4) is 0 Å². The Bertz CT molecular complexity index is 676. The van der Waals surface area contributed by atoms with E-state index in [1.807, 2.05) is 18.2 Å². The zero-order chi connectivity index (χ0) is 19.1. The first kappa shape index (κ1) is 19.4. The molecule has 1 heterocycles. The summed E-state index contributed by atoms with van der Waals surface area (Å²) in [6.07, 6.45) is -0.688. The van der Waals surface area contributed by atoms with Crippen molar-refractivity contribution in [1.82, 2.24) is 9.80 Å². The van der Waals surface area contributed by atoms with Gasteiger partial charge in [0.05, 0.1) is 13.7 Å². The summed E-state index contributed by atoms with van der Waals surface area (Å²) in [6, 6.07) is 9.05. The van der Waals surface area contributed by atoms with Crippen LogP contribution in [-0.2, 0) is 30.5 Å². The van der Waals surface area contributed by atoms with Gasteiger partial charge in [0, 0.05) is 19.5 Å². The van der Waals surface area contributed by atoms with Crippen molar-refractivity contribution in [1.29, 1.82) is 0 Å². The summed E-state index contributed by atoms with van der Waals surface area (Å²) in [5.41, 5.74) is 0.787. The first-order valence-electron chi connectivity index (χ1n) is 8.30. The van der Waals surface area contributed by atoms with Crippen LogP contribution in [0.1, 0.15) is 18.9 Å². The molecule has 1 fully saturated rings. The fraction of sp³-hybridized carbons (Fsp3) is 0.444. The molecule has 1 unspecified atom stereocenters. The minimum absolute atomic E-state index is 0.0253. The molecule has 1 aliphatic rings. The number of nitrogens with zero attached hydrogens (tertiary/aromatic N) is 2. The molecule has 1 saturated heterocycles. The van der Waals surface area contributed by atoms with E-state index >= 15 is 0 Å². The minimum Gasteiger partial charge on any atom is -0.469 e. The van der Waals surface area contributed by atoms with Crippen molar-refractivity contribution >= 4 is 23.9 Å². The minimum atomic E-state index is -0.917. The molecule has 1 aromatic rings. The first-order chi connectivity index (χ1) is 12.4. The Morgan fingerprint density at radius 3 is 2.46 bits per heavy atom. The van der Waals surface area contributed by atoms with Crippen molar-refractivity contribution in [2.75, 3.05) is 26.7 Å². The maximum Gasteiger partial charge on any atom is 0.417 e. The van der Waals surface area contributed by atoms with E-state index in [1.165, 1.54) is 12.0 Å². The van der Waals surface area contributed by atoms with Gasteiger partial charge in [-0.05, 0) is 11.5 Å². The maximum absolute atomic E-state index is 12.2. The third kappa shape index (κ3) is 5.05. The Hall–Kier alpha value is -2.90. The normalized spacial score (nSPS) is 15.6. The van der Waals surface area contributed by atoms with Gasteiger partial charge in [-0.15, -0.1) is 0 Å². The molecule has 8 nitrogen and oxygen atoms in total. The molecular weight excluding hydrogens is 340 g/mol. The van der Waals surface area contributed by atoms with E-state index in [9.17, 15) is 19.2 Å². The fourth-order valence-electron chi connectivity index (χ4n) is 2.63. The predicted octanol–water partition coefficient (Wildman–Crippen LogP) is 1.19. The van der Waals surface area contributed by atoms with Gasteiger partial charge in [0.25, 0.3) is 0 Å². The van der Waals surface area contributed by atoms with Gasteiger partial charge >= 0.3 is 23.9 Å². The summed E-state index contributed by atoms with van der Waals surface area (Å²) in [6.45, 7) is 2.32. The third-order valence-electron chi connectivity index (χ3n) is 4.01. The summed E-state index contributed by atoms with van der Waals surface area (Å²) >= 11 is 0. The van der Waals surface area contributed by atoms with Crippen LogP contribution in [0.25, 0.3) is 0 Å². The second-order valence-electron chi connectivity index (χ2n) is 6.13. The molecule has 3 amide bonds. The molecule has 26 heavy (non-hydrogen) atoms. The Labute approximate surface area is 151 Å². The van der Waals surface area contributed by atoms with E-state index in [-0.39, 0.29) is 44.5 Å². The quantitative estimate of drug-likeness (QED) is 0.557. The molecule has 0 N–H and O–H groups in total. The average molecular weight is 362 g/mol. The SMILES string of the molecule is COC(=O)CC(C)CN1CCN(C(=O)OCc2ccccc2)C(=O)C1=O. The molecule has 0 aromatic heterocycles. The van der Waals surface area contributed by atoms with E-state index in [0.717, 1.165) is 10.5 Å². The number of carbonyl (C=O) groups is 4. The maximum atomic E-state index is 12.2. The molecule has 0 aliphatic carbocycles. The standard InChI is InChI=1S/C18H22N2O6/c1-13(10-15(21)25-2)11-19-8-9-20(17(23)16(19)22)18(24)26-12-14-6-4-3-5-7-14/h3-7,13H,8-12H2,1-2H3. The van der Waals surface area contributed by atoms with Crippen LogP contribution in [0.2, 0.25) is 0 Å². The van der Waals surface area contributed by atoms with Crippen LogP contribution in [0.5, 0.6) is 0 Å². The Morgan fingerprint density at radius 1 is 1.12 bits per heavy atom. The van der Waals surface area contributed by atoms with E-state index in [2.05, 4.69) is 4.74 Å². The number of piperazine rings is 1. The first-order valence-corrected chi connectivity index (χ1v) is 8.30. The lowest BCUT2D eigenvalue weighted by molar-refractivity contribution is -0.155. The van der Waals surface area contributed by atoms with E-state index in [4.69, 9.17) is 4.74 Å². The van der Waals surface area contributed by atoms with Gasteiger partial charge in [0.15, 0.2) is 0 Å². The summed E-state index contributed by atoms with van der Waals surface area (Å²) in [4.78, 5) is 49.9. The molecule has 140 valence electrons. The van der Waals surface area contributed by atoms with Gasteiger partial charge in [-0.2, -0.15) is 0 Å². The van der Waals surface area contributed by atoms with Gasteiger partial charge in [-0.1, -0.05) is 37.3 Å². The highest BCUT2D eigenvalue weighted by Gasteiger charge is 2.37. The zero-order valence-electron chi connectivity index (χ0n) is 14.8. The molecule has 1 aliphatic heterocycles. The molecule has 0 bridgehead atoms. The molecule has 1 atom stereocenters. The van der Waals surface area contributed by atoms with Crippen molar-refractivity contribution in [2.24, 2.45) is 5.92 Å². The highest BCUT2D eigenvalue weighted by molar-refractivity contribution is 6.37. The van der Waals surface area contributed by atoms with Crippen LogP contribution < -0.4 is 0 Å². The van der Waals surface area contributed by atoms with Gasteiger partial charge in [-0.25, -0.2) is 9.69 Å². The van der Waals surface area contributed by atoms with Gasteiger partial charge in [0.2, 0.25) is 0 Å². The van der Waals surface area contributed by atoms with E-state index < -0.39 is 17.9 Å². The third-order valence-corrected chi connectivity index (χ3v) is 4.01. The number of methoxy groups -OCH3 is 1. The van der Waals surface area contributed by atoms with E-state index in [1.54, 1.807) is 19.1 Å². The summed E-state index contributed by atoms with van der Waals surface area (Å²) in [5.74, 6) is -2.22. The predicted molar refractivity (Wildman–Crippen MR) is 90.7 cm³/mol. The average Bonchev–Trinajstić information content (AvgIpc) is 2.64. The lowest BCUT2D eigenvalue weighted by Crippen LogP contribution is -2.57. The van der Waals surface area contributed by atoms with Gasteiger partial charge in [0.1, 0.15) is 6.61 Å². The Morgan fingerprint density at radius 2 is 1.81 bits per heavy atom. The van der Waals surface area contributed by atoms with Crippen molar-refractivity contribution in [3.8, 4) is 0 Å². The highest BCUT2D eigenvalue weighted by Crippen LogP contribution is 2.13.